The molecule has 4 rings (SSSR count). The number of aryl methyl sites for hydroxylation is 1. The summed E-state index contributed by atoms with van der Waals surface area (Å²) in [4.78, 5) is 38.2. The van der Waals surface area contributed by atoms with Gasteiger partial charge in [-0.25, -0.2) is 9.69 Å². The minimum atomic E-state index is -0.587. The van der Waals surface area contributed by atoms with Crippen molar-refractivity contribution < 1.29 is 23.9 Å². The predicted octanol–water partition coefficient (Wildman–Crippen LogP) is 4.43. The Labute approximate surface area is 177 Å². The molecule has 0 unspecified atom stereocenters. The monoisotopic (exact) mass is 421 g/mol. The van der Waals surface area contributed by atoms with Gasteiger partial charge in [-0.3, -0.25) is 9.59 Å². The van der Waals surface area contributed by atoms with E-state index in [4.69, 9.17) is 21.1 Å². The van der Waals surface area contributed by atoms with E-state index in [2.05, 4.69) is 0 Å². The second-order valence-electron chi connectivity index (χ2n) is 6.66. The molecule has 1 aliphatic heterocycles. The smallest absolute Gasteiger partial charge is 0.349 e. The lowest BCUT2D eigenvalue weighted by Gasteiger charge is -2.14. The molecule has 0 bridgehead atoms. The molecule has 0 fully saturated rings. The molecule has 30 heavy (non-hydrogen) atoms. The van der Waals surface area contributed by atoms with Gasteiger partial charge in [0.1, 0.15) is 11.5 Å². The Morgan fingerprint density at radius 1 is 0.900 bits per heavy atom. The molecule has 0 saturated heterocycles. The van der Waals surface area contributed by atoms with E-state index < -0.39 is 5.97 Å². The van der Waals surface area contributed by atoms with E-state index in [1.165, 1.54) is 12.1 Å². The molecule has 7 heteroatoms. The minimum absolute atomic E-state index is 0.274. The van der Waals surface area contributed by atoms with Gasteiger partial charge in [0, 0.05) is 5.02 Å². The average Bonchev–Trinajstić information content (AvgIpc) is 3.00. The highest BCUT2D eigenvalue weighted by atomic mass is 35.5. The van der Waals surface area contributed by atoms with Gasteiger partial charge < -0.3 is 9.47 Å². The summed E-state index contributed by atoms with van der Waals surface area (Å²) in [7, 11) is 0. The highest BCUT2D eigenvalue weighted by molar-refractivity contribution is 6.34. The van der Waals surface area contributed by atoms with E-state index in [1.807, 2.05) is 6.92 Å². The van der Waals surface area contributed by atoms with Crippen molar-refractivity contribution in [1.82, 2.24) is 0 Å². The van der Waals surface area contributed by atoms with Crippen LogP contribution in [0.3, 0.4) is 0 Å². The average molecular weight is 422 g/mol. The Morgan fingerprint density at radius 2 is 1.50 bits per heavy atom. The van der Waals surface area contributed by atoms with Gasteiger partial charge in [-0.2, -0.15) is 0 Å². The third kappa shape index (κ3) is 3.77. The third-order valence-corrected chi connectivity index (χ3v) is 5.03. The van der Waals surface area contributed by atoms with Crippen LogP contribution in [-0.4, -0.2) is 24.4 Å². The molecule has 3 aromatic carbocycles. The van der Waals surface area contributed by atoms with E-state index in [0.717, 1.165) is 10.5 Å². The zero-order valence-electron chi connectivity index (χ0n) is 15.9. The first-order chi connectivity index (χ1) is 14.4. The van der Waals surface area contributed by atoms with Gasteiger partial charge in [0.15, 0.2) is 6.61 Å². The van der Waals surface area contributed by atoms with E-state index >= 15 is 0 Å². The second-order valence-corrected chi connectivity index (χ2v) is 7.07. The second kappa shape index (κ2) is 8.00. The van der Waals surface area contributed by atoms with Crippen LogP contribution in [-0.2, 0) is 4.79 Å². The van der Waals surface area contributed by atoms with Crippen molar-refractivity contribution in [2.24, 2.45) is 0 Å². The Morgan fingerprint density at radius 3 is 2.10 bits per heavy atom. The molecule has 1 aliphatic rings. The molecule has 1 heterocycles. The van der Waals surface area contributed by atoms with Gasteiger partial charge in [-0.1, -0.05) is 23.7 Å². The van der Waals surface area contributed by atoms with Gasteiger partial charge in [-0.15, -0.1) is 0 Å². The molecule has 0 aromatic heterocycles. The Kier molecular flexibility index (Phi) is 5.25. The molecule has 0 N–H and O–H groups in total. The van der Waals surface area contributed by atoms with Crippen molar-refractivity contribution in [1.29, 1.82) is 0 Å². The highest BCUT2D eigenvalue weighted by Crippen LogP contribution is 2.29. The number of fused-ring (bicyclic) bond motifs is 1. The van der Waals surface area contributed by atoms with Crippen LogP contribution in [0.4, 0.5) is 5.69 Å². The van der Waals surface area contributed by atoms with Crippen LogP contribution in [0.15, 0.2) is 66.7 Å². The van der Waals surface area contributed by atoms with Crippen molar-refractivity contribution in [3.8, 4) is 11.5 Å². The summed E-state index contributed by atoms with van der Waals surface area (Å²) in [6.45, 7) is 1.56. The number of esters is 1. The van der Waals surface area contributed by atoms with Crippen LogP contribution in [0.1, 0.15) is 26.3 Å². The molecular formula is C23H16ClNO5. The zero-order chi connectivity index (χ0) is 21.3. The highest BCUT2D eigenvalue weighted by Gasteiger charge is 2.36. The lowest BCUT2D eigenvalue weighted by atomic mass is 10.1. The summed E-state index contributed by atoms with van der Waals surface area (Å²) in [6.07, 6.45) is 0. The predicted molar refractivity (Wildman–Crippen MR) is 111 cm³/mol. The Hall–Kier alpha value is -3.64. The van der Waals surface area contributed by atoms with Crippen LogP contribution in [0, 0.1) is 6.92 Å². The molecule has 150 valence electrons. The zero-order valence-corrected chi connectivity index (χ0v) is 16.7. The van der Waals surface area contributed by atoms with Crippen LogP contribution in [0.5, 0.6) is 11.5 Å². The van der Waals surface area contributed by atoms with E-state index in [1.54, 1.807) is 54.6 Å². The molecule has 6 nitrogen and oxygen atoms in total. The van der Waals surface area contributed by atoms with Gasteiger partial charge in [0.25, 0.3) is 11.8 Å². The van der Waals surface area contributed by atoms with Gasteiger partial charge >= 0.3 is 5.97 Å². The normalized spacial score (nSPS) is 12.7. The number of hydrogen-bond acceptors (Lipinski definition) is 5. The maximum absolute atomic E-state index is 12.5. The number of amides is 2. The van der Waals surface area contributed by atoms with Crippen molar-refractivity contribution >= 4 is 35.1 Å². The lowest BCUT2D eigenvalue weighted by molar-refractivity contribution is -0.136. The van der Waals surface area contributed by atoms with Crippen molar-refractivity contribution in [2.45, 2.75) is 6.92 Å². The van der Waals surface area contributed by atoms with Gasteiger partial charge in [0.2, 0.25) is 0 Å². The minimum Gasteiger partial charge on any atom is -0.482 e. The first-order valence-corrected chi connectivity index (χ1v) is 9.49. The van der Waals surface area contributed by atoms with Crippen LogP contribution >= 0.6 is 11.6 Å². The number of carbonyl (C=O) groups is 3. The number of carbonyl (C=O) groups excluding carboxylic acids is 3. The number of hydrogen-bond donors (Lipinski definition) is 0. The van der Waals surface area contributed by atoms with Crippen molar-refractivity contribution in [2.75, 3.05) is 11.5 Å². The number of nitrogens with zero attached hydrogens (tertiary/aromatic N) is 1. The summed E-state index contributed by atoms with van der Waals surface area (Å²) in [5.41, 5.74) is 1.97. The summed E-state index contributed by atoms with van der Waals surface area (Å²) in [6, 6.07) is 17.9. The largest absolute Gasteiger partial charge is 0.482 e. The number of halogens is 1. The standard InChI is InChI=1S/C23H16ClNO5/c1-14-12-17(10-11-20(14)24)29-13-21(26)30-16-8-6-15(7-9-16)25-22(27)18-4-2-3-5-19(18)23(25)28/h2-12H,13H2,1H3. The maximum Gasteiger partial charge on any atom is 0.349 e. The van der Waals surface area contributed by atoms with E-state index in [-0.39, 0.29) is 24.2 Å². The molecule has 0 spiro atoms. The number of ether oxygens (including phenoxy) is 2. The number of benzene rings is 3. The fourth-order valence-corrected chi connectivity index (χ4v) is 3.21. The van der Waals surface area contributed by atoms with Gasteiger partial charge in [-0.05, 0) is 67.1 Å². The Bertz CT molecular complexity index is 1120. The molecule has 0 atom stereocenters. The van der Waals surface area contributed by atoms with Gasteiger partial charge in [0.05, 0.1) is 16.8 Å². The Balaban J connectivity index is 1.39. The van der Waals surface area contributed by atoms with E-state index in [9.17, 15) is 14.4 Å². The lowest BCUT2D eigenvalue weighted by Crippen LogP contribution is -2.29. The fourth-order valence-electron chi connectivity index (χ4n) is 3.10. The molecule has 0 radical (unpaired) electrons. The number of rotatable bonds is 5. The topological polar surface area (TPSA) is 72.9 Å². The summed E-state index contributed by atoms with van der Waals surface area (Å²) >= 11 is 5.96. The van der Waals surface area contributed by atoms with Crippen molar-refractivity contribution in [3.63, 3.8) is 0 Å². The summed E-state index contributed by atoms with van der Waals surface area (Å²) < 4.78 is 10.7. The van der Waals surface area contributed by atoms with Crippen LogP contribution in [0.25, 0.3) is 0 Å². The van der Waals surface area contributed by atoms with Crippen LogP contribution in [0.2, 0.25) is 5.02 Å². The third-order valence-electron chi connectivity index (χ3n) is 4.61. The summed E-state index contributed by atoms with van der Waals surface area (Å²) in [5.74, 6) is -0.568. The molecule has 3 aromatic rings. The first-order valence-electron chi connectivity index (χ1n) is 9.11. The van der Waals surface area contributed by atoms with Crippen molar-refractivity contribution in [3.05, 3.63) is 88.4 Å². The maximum atomic E-state index is 12.5. The molecule has 0 saturated carbocycles. The SMILES string of the molecule is Cc1cc(OCC(=O)Oc2ccc(N3C(=O)c4ccccc4C3=O)cc2)ccc1Cl. The number of anilines is 1. The number of imide groups is 1. The molecular weight excluding hydrogens is 406 g/mol. The first kappa shape index (κ1) is 19.7. The fraction of sp³-hybridized carbons (Fsp3) is 0.0870. The quantitative estimate of drug-likeness (QED) is 0.346. The molecule has 2 amide bonds. The van der Waals surface area contributed by atoms with Crippen LogP contribution < -0.4 is 14.4 Å². The molecule has 0 aliphatic carbocycles. The van der Waals surface area contributed by atoms with E-state index in [0.29, 0.717) is 27.6 Å². The summed E-state index contributed by atoms with van der Waals surface area (Å²) in [5, 5.41) is 0.614.